The zero-order valence-corrected chi connectivity index (χ0v) is 19.1. The van der Waals surface area contributed by atoms with Crippen molar-refractivity contribution in [2.45, 2.75) is 38.0 Å². The number of halogens is 2. The average molecular weight is 486 g/mol. The molecular weight excluding hydrogens is 460 g/mol. The van der Waals surface area contributed by atoms with Crippen LogP contribution in [0.3, 0.4) is 0 Å². The van der Waals surface area contributed by atoms with Crippen LogP contribution in [0, 0.1) is 17.6 Å². The van der Waals surface area contributed by atoms with Gasteiger partial charge >= 0.3 is 6.03 Å². The van der Waals surface area contributed by atoms with Crippen LogP contribution < -0.4 is 21.9 Å². The quantitative estimate of drug-likeness (QED) is 0.213. The first-order valence-electron chi connectivity index (χ1n) is 11.0. The van der Waals surface area contributed by atoms with Crippen molar-refractivity contribution in [2.24, 2.45) is 11.8 Å². The summed E-state index contributed by atoms with van der Waals surface area (Å²) in [5.74, 6) is 4.30. The zero-order chi connectivity index (χ0) is 24.1. The highest BCUT2D eigenvalue weighted by Crippen LogP contribution is 2.40. The van der Waals surface area contributed by atoms with E-state index in [1.807, 2.05) is 18.3 Å². The molecule has 178 valence electrons. The first-order chi connectivity index (χ1) is 16.4. The summed E-state index contributed by atoms with van der Waals surface area (Å²) in [6.45, 7) is 0. The van der Waals surface area contributed by atoms with E-state index < -0.39 is 17.7 Å². The topological polar surface area (TPSA) is 109 Å². The van der Waals surface area contributed by atoms with Crippen molar-refractivity contribution in [2.75, 3.05) is 10.6 Å². The molecule has 1 aliphatic carbocycles. The van der Waals surface area contributed by atoms with Gasteiger partial charge in [0.15, 0.2) is 0 Å². The minimum atomic E-state index is -0.768. The van der Waals surface area contributed by atoms with E-state index in [0.29, 0.717) is 23.9 Å². The lowest BCUT2D eigenvalue weighted by Gasteiger charge is -2.26. The molecular formula is C24H25F2N5O2S. The molecule has 1 aliphatic rings. The van der Waals surface area contributed by atoms with Gasteiger partial charge in [0, 0.05) is 36.0 Å². The minimum absolute atomic E-state index is 0.0282. The summed E-state index contributed by atoms with van der Waals surface area (Å²) in [4.78, 5) is 29.3. The molecule has 2 aromatic carbocycles. The number of hydrazine groups is 1. The van der Waals surface area contributed by atoms with Crippen LogP contribution >= 0.6 is 11.3 Å². The number of rotatable bonds is 6. The highest BCUT2D eigenvalue weighted by molar-refractivity contribution is 7.15. The number of nitrogens with two attached hydrogens (primary N) is 1. The highest BCUT2D eigenvalue weighted by Gasteiger charge is 2.26. The van der Waals surface area contributed by atoms with Gasteiger partial charge in [0.05, 0.1) is 9.88 Å². The molecule has 0 aliphatic heterocycles. The number of hydrogen-bond acceptors (Lipinski definition) is 5. The summed E-state index contributed by atoms with van der Waals surface area (Å²) in [7, 11) is 0. The molecule has 0 bridgehead atoms. The molecule has 1 heterocycles. The van der Waals surface area contributed by atoms with E-state index in [9.17, 15) is 18.4 Å². The number of nitrogens with zero attached hydrogens (tertiary/aromatic N) is 1. The number of amides is 3. The highest BCUT2D eigenvalue weighted by atomic mass is 32.1. The Bertz CT molecular complexity index is 1140. The maximum absolute atomic E-state index is 13.3. The zero-order valence-electron chi connectivity index (χ0n) is 18.3. The third kappa shape index (κ3) is 6.15. The molecule has 0 spiro atoms. The SMILES string of the molecule is NNC(=O)CC1CCC(c2ncc(-c3ccc(NC(=O)Nc4cc(F)cc(F)c4)cc3)s2)CC1. The van der Waals surface area contributed by atoms with Gasteiger partial charge in [-0.2, -0.15) is 0 Å². The molecule has 0 saturated heterocycles. The predicted molar refractivity (Wildman–Crippen MR) is 128 cm³/mol. The predicted octanol–water partition coefficient (Wildman–Crippen LogP) is 5.39. The standard InChI is InChI=1S/C24H25F2N5O2S/c25-17-10-18(26)12-20(11-17)30-24(33)29-19-7-5-15(6-8-19)21-13-28-23(34-21)16-3-1-14(2-4-16)9-22(32)31-27/h5-8,10-14,16H,1-4,9,27H2,(H,31,32)(H2,29,30,33). The van der Waals surface area contributed by atoms with Crippen molar-refractivity contribution < 1.29 is 18.4 Å². The lowest BCUT2D eigenvalue weighted by Crippen LogP contribution is -2.32. The fourth-order valence-electron chi connectivity index (χ4n) is 4.18. The van der Waals surface area contributed by atoms with Crippen molar-refractivity contribution >= 4 is 34.6 Å². The molecule has 34 heavy (non-hydrogen) atoms. The molecule has 1 aromatic heterocycles. The van der Waals surface area contributed by atoms with Crippen LogP contribution in [0.15, 0.2) is 48.7 Å². The Kier molecular flexibility index (Phi) is 7.49. The number of urea groups is 1. The molecule has 1 fully saturated rings. The molecule has 0 radical (unpaired) electrons. The Labute approximate surface area is 199 Å². The number of hydrogen-bond donors (Lipinski definition) is 4. The number of aromatic nitrogens is 1. The van der Waals surface area contributed by atoms with Crippen LogP contribution in [-0.4, -0.2) is 16.9 Å². The third-order valence-electron chi connectivity index (χ3n) is 5.90. The molecule has 1 saturated carbocycles. The largest absolute Gasteiger partial charge is 0.323 e. The van der Waals surface area contributed by atoms with Crippen LogP contribution in [0.5, 0.6) is 0 Å². The van der Waals surface area contributed by atoms with Gasteiger partial charge in [-0.3, -0.25) is 10.2 Å². The smallest absolute Gasteiger partial charge is 0.308 e. The lowest BCUT2D eigenvalue weighted by atomic mass is 9.81. The van der Waals surface area contributed by atoms with Crippen LogP contribution in [0.25, 0.3) is 10.4 Å². The van der Waals surface area contributed by atoms with E-state index in [2.05, 4.69) is 21.0 Å². The van der Waals surface area contributed by atoms with E-state index in [4.69, 9.17) is 5.84 Å². The van der Waals surface area contributed by atoms with Gasteiger partial charge in [0.25, 0.3) is 0 Å². The van der Waals surface area contributed by atoms with Gasteiger partial charge in [0.1, 0.15) is 11.6 Å². The molecule has 3 amide bonds. The maximum Gasteiger partial charge on any atom is 0.323 e. The molecule has 5 N–H and O–H groups in total. The summed E-state index contributed by atoms with van der Waals surface area (Å²) >= 11 is 1.66. The van der Waals surface area contributed by atoms with Crippen molar-refractivity contribution in [1.82, 2.24) is 10.4 Å². The average Bonchev–Trinajstić information content (AvgIpc) is 3.29. The Morgan fingerprint density at radius 3 is 2.26 bits per heavy atom. The second kappa shape index (κ2) is 10.7. The van der Waals surface area contributed by atoms with Gasteiger partial charge in [-0.15, -0.1) is 11.3 Å². The number of carbonyl (C=O) groups excluding carboxylic acids is 2. The molecule has 3 aromatic rings. The second-order valence-corrected chi connectivity index (χ2v) is 9.43. The number of thiazole rings is 1. The van der Waals surface area contributed by atoms with Gasteiger partial charge in [0.2, 0.25) is 5.91 Å². The van der Waals surface area contributed by atoms with E-state index >= 15 is 0 Å². The number of carbonyl (C=O) groups is 2. The normalized spacial score (nSPS) is 17.7. The summed E-state index contributed by atoms with van der Waals surface area (Å²) in [6, 6.07) is 9.50. The second-order valence-electron chi connectivity index (χ2n) is 8.37. The Hall–Kier alpha value is -3.37. The lowest BCUT2D eigenvalue weighted by molar-refractivity contribution is -0.122. The van der Waals surface area contributed by atoms with Gasteiger partial charge in [-0.25, -0.2) is 24.4 Å². The van der Waals surface area contributed by atoms with Gasteiger partial charge in [-0.1, -0.05) is 12.1 Å². The van der Waals surface area contributed by atoms with E-state index in [1.165, 1.54) is 0 Å². The molecule has 10 heteroatoms. The van der Waals surface area contributed by atoms with Gasteiger partial charge in [-0.05, 0) is 61.4 Å². The first kappa shape index (κ1) is 23.8. The van der Waals surface area contributed by atoms with Crippen LogP contribution in [-0.2, 0) is 4.79 Å². The molecule has 0 unspecified atom stereocenters. The Balaban J connectivity index is 1.32. The van der Waals surface area contributed by atoms with Crippen LogP contribution in [0.2, 0.25) is 0 Å². The van der Waals surface area contributed by atoms with Crippen LogP contribution in [0.1, 0.15) is 43.0 Å². The van der Waals surface area contributed by atoms with E-state index in [0.717, 1.165) is 59.3 Å². The third-order valence-corrected chi connectivity index (χ3v) is 7.11. The summed E-state index contributed by atoms with van der Waals surface area (Å²) in [6.07, 6.45) is 6.31. The van der Waals surface area contributed by atoms with Crippen molar-refractivity contribution in [3.8, 4) is 10.4 Å². The fourth-order valence-corrected chi connectivity index (χ4v) is 5.27. The van der Waals surface area contributed by atoms with E-state index in [-0.39, 0.29) is 11.6 Å². The first-order valence-corrected chi connectivity index (χ1v) is 11.8. The summed E-state index contributed by atoms with van der Waals surface area (Å²) < 4.78 is 26.5. The van der Waals surface area contributed by atoms with Crippen molar-refractivity contribution in [1.29, 1.82) is 0 Å². The Morgan fingerprint density at radius 2 is 1.62 bits per heavy atom. The number of benzene rings is 2. The Morgan fingerprint density at radius 1 is 0.971 bits per heavy atom. The monoisotopic (exact) mass is 485 g/mol. The van der Waals surface area contributed by atoms with Crippen molar-refractivity contribution in [3.05, 3.63) is 65.3 Å². The number of anilines is 2. The summed E-state index contributed by atoms with van der Waals surface area (Å²) in [5, 5.41) is 6.15. The van der Waals surface area contributed by atoms with E-state index in [1.54, 1.807) is 23.5 Å². The van der Waals surface area contributed by atoms with Crippen LogP contribution in [0.4, 0.5) is 25.0 Å². The molecule has 4 rings (SSSR count). The number of nitrogens with one attached hydrogen (secondary N) is 3. The summed E-state index contributed by atoms with van der Waals surface area (Å²) in [5.41, 5.74) is 3.76. The van der Waals surface area contributed by atoms with Crippen molar-refractivity contribution in [3.63, 3.8) is 0 Å². The van der Waals surface area contributed by atoms with Gasteiger partial charge < -0.3 is 10.6 Å². The molecule has 0 atom stereocenters. The minimum Gasteiger partial charge on any atom is -0.308 e. The molecule has 7 nitrogen and oxygen atoms in total. The maximum atomic E-state index is 13.3. The fraction of sp³-hybridized carbons (Fsp3) is 0.292.